The first kappa shape index (κ1) is 25.1. The molecule has 1 saturated heterocycles. The van der Waals surface area contributed by atoms with Gasteiger partial charge in [0.15, 0.2) is 0 Å². The lowest BCUT2D eigenvalue weighted by molar-refractivity contribution is -0.146. The quantitative estimate of drug-likeness (QED) is 0.395. The van der Waals surface area contributed by atoms with Crippen LogP contribution in [0.3, 0.4) is 0 Å². The Morgan fingerprint density at radius 2 is 2.17 bits per heavy atom. The summed E-state index contributed by atoms with van der Waals surface area (Å²) in [4.78, 5) is 22.8. The number of aromatic nitrogens is 3. The van der Waals surface area contributed by atoms with Gasteiger partial charge in [0.2, 0.25) is 0 Å². The molecule has 1 aromatic carbocycles. The molecule has 0 spiro atoms. The third-order valence-corrected chi connectivity index (χ3v) is 7.34. The number of alkyl halides is 1. The molecule has 188 valence electrons. The summed E-state index contributed by atoms with van der Waals surface area (Å²) in [6, 6.07) is 7.18. The highest BCUT2D eigenvalue weighted by Gasteiger charge is 2.34. The van der Waals surface area contributed by atoms with Gasteiger partial charge in [-0.15, -0.1) is 0 Å². The first-order chi connectivity index (χ1) is 17.0. The monoisotopic (exact) mass is 482 g/mol. The number of likely N-dealkylation sites (tertiary alicyclic amines) is 1. The molecule has 0 saturated carbocycles. The van der Waals surface area contributed by atoms with Crippen LogP contribution in [0.1, 0.15) is 49.5 Å². The third-order valence-electron chi connectivity index (χ3n) is 7.34. The predicted molar refractivity (Wildman–Crippen MR) is 133 cm³/mol. The number of benzene rings is 1. The fourth-order valence-electron chi connectivity index (χ4n) is 5.23. The Morgan fingerprint density at radius 3 is 2.91 bits per heavy atom. The summed E-state index contributed by atoms with van der Waals surface area (Å²) in [7, 11) is 3.59. The topological polar surface area (TPSA) is 80.5 Å². The molecule has 2 aromatic heterocycles. The molecule has 0 unspecified atom stereocenters. The third kappa shape index (κ3) is 6.17. The number of unbranched alkanes of at least 4 members (excludes halogenated alkanes) is 1. The summed E-state index contributed by atoms with van der Waals surface area (Å²) in [5.74, 6) is -0.581. The highest BCUT2D eigenvalue weighted by Crippen LogP contribution is 2.35. The van der Waals surface area contributed by atoms with E-state index in [4.69, 9.17) is 4.74 Å². The van der Waals surface area contributed by atoms with Crippen LogP contribution in [0.15, 0.2) is 43.0 Å². The number of carboxylic acids is 1. The molecule has 3 atom stereocenters. The molecule has 0 aliphatic carbocycles. The number of aliphatic carboxylic acids is 1. The van der Waals surface area contributed by atoms with Crippen molar-refractivity contribution < 1.29 is 19.0 Å². The molecular weight excluding hydrogens is 447 g/mol. The lowest BCUT2D eigenvalue weighted by Gasteiger charge is -2.37. The minimum Gasteiger partial charge on any atom is -0.497 e. The number of ether oxygens (including phenoxy) is 1. The number of nitrogens with zero attached hydrogens (tertiary/aromatic N) is 4. The molecule has 1 aliphatic rings. The lowest BCUT2D eigenvalue weighted by atomic mass is 9.81. The fraction of sp³-hybridized carbons (Fsp3) is 0.519. The maximum Gasteiger partial charge on any atom is 0.308 e. The van der Waals surface area contributed by atoms with Gasteiger partial charge in [-0.3, -0.25) is 9.78 Å². The zero-order chi connectivity index (χ0) is 24.8. The number of rotatable bonds is 11. The highest BCUT2D eigenvalue weighted by atomic mass is 19.1. The molecule has 8 heteroatoms. The number of hydrogen-bond donors (Lipinski definition) is 1. The van der Waals surface area contributed by atoms with Crippen molar-refractivity contribution in [3.05, 3.63) is 54.2 Å². The lowest BCUT2D eigenvalue weighted by Crippen LogP contribution is -2.44. The Bertz CT molecular complexity index is 1130. The Balaban J connectivity index is 1.30. The first-order valence-corrected chi connectivity index (χ1v) is 12.4. The van der Waals surface area contributed by atoms with Crippen LogP contribution in [0.4, 0.5) is 4.39 Å². The van der Waals surface area contributed by atoms with Crippen LogP contribution < -0.4 is 4.74 Å². The van der Waals surface area contributed by atoms with Crippen LogP contribution in [0.2, 0.25) is 0 Å². The zero-order valence-corrected chi connectivity index (χ0v) is 20.6. The number of imidazole rings is 1. The smallest absolute Gasteiger partial charge is 0.308 e. The Morgan fingerprint density at radius 1 is 1.31 bits per heavy atom. The predicted octanol–water partition coefficient (Wildman–Crippen LogP) is 4.81. The molecule has 1 fully saturated rings. The summed E-state index contributed by atoms with van der Waals surface area (Å²) < 4.78 is 22.7. The Labute approximate surface area is 205 Å². The van der Waals surface area contributed by atoms with Crippen LogP contribution in [-0.2, 0) is 18.3 Å². The highest BCUT2D eigenvalue weighted by molar-refractivity contribution is 5.83. The molecular formula is C27H35FN4O3. The molecule has 7 nitrogen and oxygen atoms in total. The second-order valence-electron chi connectivity index (χ2n) is 9.58. The van der Waals surface area contributed by atoms with Crippen molar-refractivity contribution in [1.82, 2.24) is 19.4 Å². The van der Waals surface area contributed by atoms with E-state index in [1.807, 2.05) is 42.3 Å². The minimum absolute atomic E-state index is 0.0147. The average Bonchev–Trinajstić information content (AvgIpc) is 3.29. The van der Waals surface area contributed by atoms with Crippen LogP contribution >= 0.6 is 0 Å². The normalized spacial score (nSPS) is 19.6. The molecule has 3 aromatic rings. The largest absolute Gasteiger partial charge is 0.497 e. The van der Waals surface area contributed by atoms with Gasteiger partial charge in [-0.25, -0.2) is 9.37 Å². The number of fused-ring (bicyclic) bond motifs is 1. The van der Waals surface area contributed by atoms with Crippen molar-refractivity contribution in [3.63, 3.8) is 0 Å². The number of piperidine rings is 1. The standard InChI is InChI=1S/C27H35FN4O3/c1-31-18-29-16-20(31)5-3-4-13-32-14-11-19(24(17-32)27(33)34)6-8-25(28)22-10-12-30-26-9-7-21(35-2)15-23(22)26/h7,9-10,12,15-16,18-19,24-25H,3-6,8,11,13-14,17H2,1-2H3,(H,33,34)/t19-,24+,25+/m1/s1. The molecule has 4 rings (SSSR count). The van der Waals surface area contributed by atoms with Crippen molar-refractivity contribution >= 4 is 16.9 Å². The van der Waals surface area contributed by atoms with E-state index in [-0.39, 0.29) is 5.92 Å². The van der Waals surface area contributed by atoms with Gasteiger partial charge in [0.1, 0.15) is 11.9 Å². The number of halogens is 1. The van der Waals surface area contributed by atoms with Crippen molar-refractivity contribution in [3.8, 4) is 5.75 Å². The van der Waals surface area contributed by atoms with E-state index in [0.717, 1.165) is 49.7 Å². The molecule has 0 amide bonds. The Hall–Kier alpha value is -3.00. The maximum atomic E-state index is 15.4. The van der Waals surface area contributed by atoms with Gasteiger partial charge >= 0.3 is 5.97 Å². The second kappa shape index (κ2) is 11.6. The summed E-state index contributed by atoms with van der Waals surface area (Å²) in [5.41, 5.74) is 2.53. The molecule has 1 N–H and O–H groups in total. The summed E-state index contributed by atoms with van der Waals surface area (Å²) in [5, 5.41) is 10.6. The molecule has 0 bridgehead atoms. The first-order valence-electron chi connectivity index (χ1n) is 12.4. The van der Waals surface area contributed by atoms with Crippen LogP contribution in [-0.4, -0.2) is 57.3 Å². The average molecular weight is 483 g/mol. The van der Waals surface area contributed by atoms with Gasteiger partial charge < -0.3 is 19.3 Å². The fourth-order valence-corrected chi connectivity index (χ4v) is 5.23. The van der Waals surface area contributed by atoms with E-state index in [1.54, 1.807) is 19.4 Å². The van der Waals surface area contributed by atoms with Crippen LogP contribution in [0.5, 0.6) is 5.75 Å². The van der Waals surface area contributed by atoms with Crippen molar-refractivity contribution in [2.45, 2.75) is 44.7 Å². The number of pyridine rings is 1. The molecule has 0 radical (unpaired) electrons. The molecule has 3 heterocycles. The van der Waals surface area contributed by atoms with Gasteiger partial charge in [-0.05, 0) is 87.4 Å². The summed E-state index contributed by atoms with van der Waals surface area (Å²) >= 11 is 0. The van der Waals surface area contributed by atoms with Gasteiger partial charge in [-0.1, -0.05) is 0 Å². The van der Waals surface area contributed by atoms with Gasteiger partial charge in [-0.2, -0.15) is 0 Å². The van der Waals surface area contributed by atoms with Gasteiger partial charge in [0, 0.05) is 37.1 Å². The number of carbonyl (C=O) groups is 1. The number of hydrogen-bond acceptors (Lipinski definition) is 5. The van der Waals surface area contributed by atoms with E-state index in [0.29, 0.717) is 30.7 Å². The Kier molecular flexibility index (Phi) is 8.33. The summed E-state index contributed by atoms with van der Waals surface area (Å²) in [6.45, 7) is 2.30. The van der Waals surface area contributed by atoms with E-state index < -0.39 is 18.1 Å². The van der Waals surface area contributed by atoms with E-state index in [2.05, 4.69) is 14.9 Å². The van der Waals surface area contributed by atoms with Crippen molar-refractivity contribution in [2.75, 3.05) is 26.7 Å². The van der Waals surface area contributed by atoms with E-state index in [9.17, 15) is 9.90 Å². The molecule has 35 heavy (non-hydrogen) atoms. The SMILES string of the molecule is COc1ccc2nccc([C@@H](F)CC[C@@H]3CCN(CCCCc4cncn4C)C[C@@H]3C(=O)O)c2c1. The number of methoxy groups -OCH3 is 1. The van der Waals surface area contributed by atoms with Crippen molar-refractivity contribution in [2.24, 2.45) is 18.9 Å². The van der Waals surface area contributed by atoms with Crippen molar-refractivity contribution in [1.29, 1.82) is 0 Å². The van der Waals surface area contributed by atoms with E-state index in [1.165, 1.54) is 5.69 Å². The summed E-state index contributed by atoms with van der Waals surface area (Å²) in [6.07, 6.45) is 8.85. The number of carboxylic acid groups (broad SMARTS) is 1. The molecule has 1 aliphatic heterocycles. The van der Waals surface area contributed by atoms with Crippen LogP contribution in [0.25, 0.3) is 10.9 Å². The van der Waals surface area contributed by atoms with Crippen LogP contribution in [0, 0.1) is 11.8 Å². The number of aryl methyl sites for hydroxylation is 2. The van der Waals surface area contributed by atoms with Gasteiger partial charge in [0.25, 0.3) is 0 Å². The minimum atomic E-state index is -1.17. The van der Waals surface area contributed by atoms with E-state index >= 15 is 4.39 Å². The second-order valence-corrected chi connectivity index (χ2v) is 9.58. The van der Waals surface area contributed by atoms with Gasteiger partial charge in [0.05, 0.1) is 24.9 Å². The maximum absolute atomic E-state index is 15.4. The zero-order valence-electron chi connectivity index (χ0n) is 20.6.